The van der Waals surface area contributed by atoms with Crippen molar-refractivity contribution in [1.82, 2.24) is 15.5 Å². The van der Waals surface area contributed by atoms with Crippen molar-refractivity contribution in [3.8, 4) is 0 Å². The van der Waals surface area contributed by atoms with Gasteiger partial charge in [-0.05, 0) is 25.8 Å². The summed E-state index contributed by atoms with van der Waals surface area (Å²) in [5.41, 5.74) is 0. The lowest BCUT2D eigenvalue weighted by atomic mass is 10.2. The number of aromatic nitrogens is 2. The fourth-order valence-electron chi connectivity index (χ4n) is 1.56. The third kappa shape index (κ3) is 6.54. The van der Waals surface area contributed by atoms with Crippen molar-refractivity contribution < 1.29 is 9.15 Å². The Hall–Kier alpha value is -1.14. The van der Waals surface area contributed by atoms with E-state index in [4.69, 9.17) is 9.15 Å². The predicted molar refractivity (Wildman–Crippen MR) is 75.2 cm³/mol. The summed E-state index contributed by atoms with van der Waals surface area (Å²) in [5, 5.41) is 14.3. The minimum absolute atomic E-state index is 0.0856. The quantitative estimate of drug-likeness (QED) is 0.635. The molecule has 1 unspecified atom stereocenters. The van der Waals surface area contributed by atoms with E-state index in [1.54, 1.807) is 0 Å². The standard InChI is InChI=1S/C13H26N4O2/c1-5-14-11(4)12-16-17-13(19-12)15-7-6-8-18-9-10(2)3/h10-11,14H,5-9H2,1-4H3,(H,15,17). The van der Waals surface area contributed by atoms with Crippen LogP contribution in [0.1, 0.15) is 46.0 Å². The van der Waals surface area contributed by atoms with E-state index in [1.807, 2.05) is 13.8 Å². The Labute approximate surface area is 115 Å². The van der Waals surface area contributed by atoms with Crippen molar-refractivity contribution in [2.24, 2.45) is 5.92 Å². The second-order valence-corrected chi connectivity index (χ2v) is 4.97. The molecule has 6 nitrogen and oxygen atoms in total. The summed E-state index contributed by atoms with van der Waals surface area (Å²) in [4.78, 5) is 0. The van der Waals surface area contributed by atoms with E-state index in [9.17, 15) is 0 Å². The van der Waals surface area contributed by atoms with Crippen LogP contribution in [0, 0.1) is 5.92 Å². The van der Waals surface area contributed by atoms with Crippen LogP contribution in [-0.4, -0.2) is 36.5 Å². The van der Waals surface area contributed by atoms with Crippen LogP contribution in [0.4, 0.5) is 6.01 Å². The molecule has 1 aromatic rings. The zero-order valence-electron chi connectivity index (χ0n) is 12.4. The van der Waals surface area contributed by atoms with Gasteiger partial charge in [0.05, 0.1) is 6.04 Å². The molecular weight excluding hydrogens is 244 g/mol. The maximum atomic E-state index is 5.51. The molecule has 19 heavy (non-hydrogen) atoms. The van der Waals surface area contributed by atoms with Gasteiger partial charge in [0.15, 0.2) is 0 Å². The van der Waals surface area contributed by atoms with Gasteiger partial charge in [0.1, 0.15) is 0 Å². The highest BCUT2D eigenvalue weighted by atomic mass is 16.5. The number of anilines is 1. The average Bonchev–Trinajstić information content (AvgIpc) is 2.82. The highest BCUT2D eigenvalue weighted by Gasteiger charge is 2.12. The molecule has 0 aliphatic carbocycles. The zero-order valence-corrected chi connectivity index (χ0v) is 12.4. The molecule has 2 N–H and O–H groups in total. The van der Waals surface area contributed by atoms with Crippen molar-refractivity contribution in [3.63, 3.8) is 0 Å². The molecule has 0 saturated carbocycles. The third-order valence-electron chi connectivity index (χ3n) is 2.51. The fraction of sp³-hybridized carbons (Fsp3) is 0.846. The fourth-order valence-corrected chi connectivity index (χ4v) is 1.56. The van der Waals surface area contributed by atoms with Gasteiger partial charge >= 0.3 is 6.01 Å². The number of hydrogen-bond donors (Lipinski definition) is 2. The molecule has 110 valence electrons. The van der Waals surface area contributed by atoms with E-state index in [-0.39, 0.29) is 6.04 Å². The van der Waals surface area contributed by atoms with Gasteiger partial charge in [-0.25, -0.2) is 0 Å². The van der Waals surface area contributed by atoms with Crippen molar-refractivity contribution in [2.75, 3.05) is 31.6 Å². The van der Waals surface area contributed by atoms with Gasteiger partial charge in [-0.3, -0.25) is 0 Å². The Morgan fingerprint density at radius 1 is 1.26 bits per heavy atom. The molecule has 6 heteroatoms. The maximum absolute atomic E-state index is 5.51. The Balaban J connectivity index is 2.16. The number of rotatable bonds is 10. The molecule has 1 rings (SSSR count). The summed E-state index contributed by atoms with van der Waals surface area (Å²) in [5.74, 6) is 1.19. The maximum Gasteiger partial charge on any atom is 0.315 e. The summed E-state index contributed by atoms with van der Waals surface area (Å²) >= 11 is 0. The van der Waals surface area contributed by atoms with E-state index < -0.39 is 0 Å². The molecule has 0 fully saturated rings. The number of ether oxygens (including phenoxy) is 1. The number of nitrogens with zero attached hydrogens (tertiary/aromatic N) is 2. The second-order valence-electron chi connectivity index (χ2n) is 4.97. The van der Waals surface area contributed by atoms with Gasteiger partial charge < -0.3 is 19.8 Å². The molecular formula is C13H26N4O2. The van der Waals surface area contributed by atoms with Crippen molar-refractivity contribution in [1.29, 1.82) is 0 Å². The Bertz CT molecular complexity index is 341. The van der Waals surface area contributed by atoms with E-state index in [0.29, 0.717) is 17.8 Å². The van der Waals surface area contributed by atoms with Crippen molar-refractivity contribution >= 4 is 6.01 Å². The van der Waals surface area contributed by atoms with Gasteiger partial charge in [0.25, 0.3) is 0 Å². The molecule has 0 spiro atoms. The van der Waals surface area contributed by atoms with Gasteiger partial charge in [-0.1, -0.05) is 25.9 Å². The Kier molecular flexibility index (Phi) is 7.43. The summed E-state index contributed by atoms with van der Waals surface area (Å²) in [6, 6.07) is 0.561. The van der Waals surface area contributed by atoms with E-state index in [0.717, 1.165) is 32.7 Å². The van der Waals surface area contributed by atoms with Gasteiger partial charge in [0.2, 0.25) is 5.89 Å². The van der Waals surface area contributed by atoms with Crippen LogP contribution in [0.15, 0.2) is 4.42 Å². The Morgan fingerprint density at radius 3 is 2.74 bits per heavy atom. The van der Waals surface area contributed by atoms with Gasteiger partial charge in [0, 0.05) is 19.8 Å². The van der Waals surface area contributed by atoms with E-state index in [1.165, 1.54) is 0 Å². The first kappa shape index (κ1) is 15.9. The highest BCUT2D eigenvalue weighted by molar-refractivity contribution is 5.16. The molecule has 0 aliphatic rings. The normalized spacial score (nSPS) is 12.9. The smallest absolute Gasteiger partial charge is 0.315 e. The van der Waals surface area contributed by atoms with Gasteiger partial charge in [-0.15, -0.1) is 5.10 Å². The van der Waals surface area contributed by atoms with E-state index in [2.05, 4.69) is 34.7 Å². The first-order chi connectivity index (χ1) is 9.13. The summed E-state index contributed by atoms with van der Waals surface area (Å²) in [6.07, 6.45) is 0.924. The first-order valence-corrected chi connectivity index (χ1v) is 7.01. The summed E-state index contributed by atoms with van der Waals surface area (Å²) < 4.78 is 11.0. The van der Waals surface area contributed by atoms with Crippen LogP contribution in [0.3, 0.4) is 0 Å². The van der Waals surface area contributed by atoms with Crippen LogP contribution < -0.4 is 10.6 Å². The largest absolute Gasteiger partial charge is 0.406 e. The molecule has 0 aliphatic heterocycles. The topological polar surface area (TPSA) is 72.2 Å². The first-order valence-electron chi connectivity index (χ1n) is 7.01. The molecule has 1 atom stereocenters. The Morgan fingerprint density at radius 2 is 2.05 bits per heavy atom. The van der Waals surface area contributed by atoms with Gasteiger partial charge in [-0.2, -0.15) is 0 Å². The number of hydrogen-bond acceptors (Lipinski definition) is 6. The lowest BCUT2D eigenvalue weighted by Crippen LogP contribution is -2.17. The van der Waals surface area contributed by atoms with Crippen molar-refractivity contribution in [3.05, 3.63) is 5.89 Å². The third-order valence-corrected chi connectivity index (χ3v) is 2.51. The molecule has 0 saturated heterocycles. The lowest BCUT2D eigenvalue weighted by Gasteiger charge is -2.07. The minimum atomic E-state index is 0.0856. The van der Waals surface area contributed by atoms with E-state index >= 15 is 0 Å². The number of nitrogens with one attached hydrogen (secondary N) is 2. The van der Waals surface area contributed by atoms with Crippen LogP contribution in [0.5, 0.6) is 0 Å². The monoisotopic (exact) mass is 270 g/mol. The molecule has 1 aromatic heterocycles. The molecule has 0 amide bonds. The van der Waals surface area contributed by atoms with Crippen LogP contribution in [0.25, 0.3) is 0 Å². The van der Waals surface area contributed by atoms with Crippen molar-refractivity contribution in [2.45, 2.75) is 40.2 Å². The average molecular weight is 270 g/mol. The predicted octanol–water partition coefficient (Wildman–Crippen LogP) is 2.21. The van der Waals surface area contributed by atoms with Crippen LogP contribution in [-0.2, 0) is 4.74 Å². The highest BCUT2D eigenvalue weighted by Crippen LogP contribution is 2.13. The molecule has 1 heterocycles. The second kappa shape index (κ2) is 8.87. The molecule has 0 radical (unpaired) electrons. The lowest BCUT2D eigenvalue weighted by molar-refractivity contribution is 0.109. The minimum Gasteiger partial charge on any atom is -0.406 e. The van der Waals surface area contributed by atoms with Crippen LogP contribution >= 0.6 is 0 Å². The summed E-state index contributed by atoms with van der Waals surface area (Å²) in [7, 11) is 0. The van der Waals surface area contributed by atoms with Crippen LogP contribution in [0.2, 0.25) is 0 Å². The summed E-state index contributed by atoms with van der Waals surface area (Å²) in [6.45, 7) is 11.5. The zero-order chi connectivity index (χ0) is 14.1. The SMILES string of the molecule is CCNC(C)c1nnc(NCCCOCC(C)C)o1. The molecule has 0 bridgehead atoms. The molecule has 0 aromatic carbocycles.